The van der Waals surface area contributed by atoms with Crippen LogP contribution in [0.15, 0.2) is 48.8 Å². The van der Waals surface area contributed by atoms with Crippen molar-refractivity contribution in [1.29, 1.82) is 0 Å². The summed E-state index contributed by atoms with van der Waals surface area (Å²) in [7, 11) is -1.85. The Morgan fingerprint density at radius 2 is 1.75 bits per heavy atom. The minimum atomic E-state index is -1.85. The summed E-state index contributed by atoms with van der Waals surface area (Å²) < 4.78 is 0. The van der Waals surface area contributed by atoms with Gasteiger partial charge in [0.05, 0.1) is 5.56 Å². The molecular weight excluding hydrogens is 316 g/mol. The van der Waals surface area contributed by atoms with Gasteiger partial charge in [-0.25, -0.2) is 4.79 Å². The second kappa shape index (κ2) is 7.95. The van der Waals surface area contributed by atoms with Gasteiger partial charge in [-0.05, 0) is 43.2 Å². The molecule has 24 heavy (non-hydrogen) atoms. The number of hydrogen-bond donors (Lipinski definition) is 0. The summed E-state index contributed by atoms with van der Waals surface area (Å²) in [6.45, 7) is 14.5. The molecule has 0 heterocycles. The van der Waals surface area contributed by atoms with Crippen molar-refractivity contribution >= 4 is 19.2 Å². The quantitative estimate of drug-likeness (QED) is 0.437. The smallest absolute Gasteiger partial charge is 0.293 e. The first kappa shape index (κ1) is 18.7. The molecule has 1 aliphatic rings. The van der Waals surface area contributed by atoms with Gasteiger partial charge in [-0.3, -0.25) is 4.89 Å². The van der Waals surface area contributed by atoms with Crippen LogP contribution in [0.3, 0.4) is 0 Å². The largest absolute Gasteiger partial charge is 0.373 e. The van der Waals surface area contributed by atoms with E-state index in [0.717, 1.165) is 19.3 Å². The minimum Gasteiger partial charge on any atom is -0.293 e. The molecule has 0 spiro atoms. The first-order valence-corrected chi connectivity index (χ1v) is 11.3. The predicted molar refractivity (Wildman–Crippen MR) is 101 cm³/mol. The van der Waals surface area contributed by atoms with Crippen LogP contribution in [0.1, 0.15) is 43.5 Å². The van der Waals surface area contributed by atoms with Crippen LogP contribution < -0.4 is 5.19 Å². The standard InChI is InChI=1S/C20H28O3Si/c1-6-24(5,7-2)19-12-9-17(10-13-19)20(21)23-22-18-11-8-15(3)16(4)14-18/h6-7,9-10,12-13,15-16,18H,1-2,8,11,14H2,3-5H3. The van der Waals surface area contributed by atoms with E-state index < -0.39 is 14.0 Å². The van der Waals surface area contributed by atoms with Gasteiger partial charge in [0.2, 0.25) is 0 Å². The highest BCUT2D eigenvalue weighted by Crippen LogP contribution is 2.31. The molecule has 0 N–H and O–H groups in total. The average molecular weight is 345 g/mol. The molecule has 4 heteroatoms. The second-order valence-corrected chi connectivity index (χ2v) is 11.1. The lowest BCUT2D eigenvalue weighted by atomic mass is 9.80. The van der Waals surface area contributed by atoms with Crippen molar-refractivity contribution in [3.63, 3.8) is 0 Å². The first-order valence-electron chi connectivity index (χ1n) is 8.65. The molecular formula is C20H28O3Si. The summed E-state index contributed by atoms with van der Waals surface area (Å²) in [5.74, 6) is 0.872. The molecule has 0 amide bonds. The van der Waals surface area contributed by atoms with Gasteiger partial charge >= 0.3 is 5.97 Å². The van der Waals surface area contributed by atoms with Gasteiger partial charge in [0, 0.05) is 0 Å². The van der Waals surface area contributed by atoms with Crippen molar-refractivity contribution in [3.8, 4) is 0 Å². The summed E-state index contributed by atoms with van der Waals surface area (Å²) in [4.78, 5) is 22.6. The van der Waals surface area contributed by atoms with E-state index >= 15 is 0 Å². The predicted octanol–water partition coefficient (Wildman–Crippen LogP) is 4.34. The number of carbonyl (C=O) groups excluding carboxylic acids is 1. The zero-order valence-corrected chi connectivity index (χ0v) is 16.0. The Morgan fingerprint density at radius 3 is 2.29 bits per heavy atom. The van der Waals surface area contributed by atoms with Crippen molar-refractivity contribution in [1.82, 2.24) is 0 Å². The van der Waals surface area contributed by atoms with Crippen LogP contribution in [0.2, 0.25) is 6.55 Å². The molecule has 1 fully saturated rings. The average Bonchev–Trinajstić information content (AvgIpc) is 2.62. The Bertz CT molecular complexity index is 585. The number of carbonyl (C=O) groups is 1. The lowest BCUT2D eigenvalue weighted by Crippen LogP contribution is -2.40. The molecule has 1 aliphatic carbocycles. The van der Waals surface area contributed by atoms with E-state index in [1.54, 1.807) is 12.1 Å². The molecule has 3 unspecified atom stereocenters. The van der Waals surface area contributed by atoms with Crippen molar-refractivity contribution in [2.24, 2.45) is 11.8 Å². The van der Waals surface area contributed by atoms with Crippen LogP contribution in [-0.4, -0.2) is 20.1 Å². The van der Waals surface area contributed by atoms with E-state index in [1.165, 1.54) is 5.19 Å². The Hall–Kier alpha value is -1.65. The molecule has 130 valence electrons. The highest BCUT2D eigenvalue weighted by Gasteiger charge is 2.27. The van der Waals surface area contributed by atoms with Crippen molar-refractivity contribution in [3.05, 3.63) is 54.4 Å². The van der Waals surface area contributed by atoms with Gasteiger partial charge < -0.3 is 0 Å². The fraction of sp³-hybridized carbons (Fsp3) is 0.450. The molecule has 0 aromatic heterocycles. The van der Waals surface area contributed by atoms with E-state index in [-0.39, 0.29) is 6.10 Å². The summed E-state index contributed by atoms with van der Waals surface area (Å²) in [5.41, 5.74) is 4.45. The number of hydrogen-bond acceptors (Lipinski definition) is 3. The van der Waals surface area contributed by atoms with Crippen LogP contribution in [0.25, 0.3) is 0 Å². The lowest BCUT2D eigenvalue weighted by molar-refractivity contribution is -0.283. The summed E-state index contributed by atoms with van der Waals surface area (Å²) >= 11 is 0. The molecule has 0 aliphatic heterocycles. The molecule has 3 atom stereocenters. The molecule has 0 radical (unpaired) electrons. The van der Waals surface area contributed by atoms with Crippen LogP contribution in [0, 0.1) is 11.8 Å². The maximum atomic E-state index is 12.2. The van der Waals surface area contributed by atoms with Crippen LogP contribution in [-0.2, 0) is 9.78 Å². The second-order valence-electron chi connectivity index (χ2n) is 7.12. The Labute approximate surface area is 146 Å². The summed E-state index contributed by atoms with van der Waals surface area (Å²) in [6, 6.07) is 7.47. The lowest BCUT2D eigenvalue weighted by Gasteiger charge is -2.30. The molecule has 2 rings (SSSR count). The maximum absolute atomic E-state index is 12.2. The summed E-state index contributed by atoms with van der Waals surface area (Å²) in [5, 5.41) is 1.17. The highest BCUT2D eigenvalue weighted by molar-refractivity contribution is 6.98. The molecule has 1 aromatic carbocycles. The minimum absolute atomic E-state index is 0.0108. The molecule has 1 saturated carbocycles. The third-order valence-electron chi connectivity index (χ3n) is 5.40. The van der Waals surface area contributed by atoms with Crippen molar-refractivity contribution in [2.45, 2.75) is 45.8 Å². The van der Waals surface area contributed by atoms with Gasteiger partial charge in [-0.15, -0.1) is 13.2 Å². The van der Waals surface area contributed by atoms with E-state index in [2.05, 4.69) is 33.6 Å². The van der Waals surface area contributed by atoms with Gasteiger partial charge in [0.1, 0.15) is 14.2 Å². The maximum Gasteiger partial charge on any atom is 0.373 e. The fourth-order valence-corrected chi connectivity index (χ4v) is 4.55. The topological polar surface area (TPSA) is 35.5 Å². The Balaban J connectivity index is 1.93. The van der Waals surface area contributed by atoms with Crippen LogP contribution in [0.5, 0.6) is 0 Å². The third kappa shape index (κ3) is 4.25. The molecule has 1 aromatic rings. The normalized spacial score (nSPS) is 24.2. The zero-order valence-electron chi connectivity index (χ0n) is 15.0. The third-order valence-corrected chi connectivity index (χ3v) is 8.67. The zero-order chi connectivity index (χ0) is 17.7. The number of rotatable bonds is 6. The van der Waals surface area contributed by atoms with Crippen molar-refractivity contribution < 1.29 is 14.6 Å². The first-order chi connectivity index (χ1) is 11.4. The van der Waals surface area contributed by atoms with Crippen molar-refractivity contribution in [2.75, 3.05) is 0 Å². The SMILES string of the molecule is C=C[Si](C)(C=C)c1ccc(C(=O)OOC2CCC(C)C(C)C2)cc1. The van der Waals surface area contributed by atoms with E-state index in [0.29, 0.717) is 17.4 Å². The fourth-order valence-electron chi connectivity index (χ4n) is 3.03. The van der Waals surface area contributed by atoms with E-state index in [4.69, 9.17) is 9.78 Å². The summed E-state index contributed by atoms with van der Waals surface area (Å²) in [6.07, 6.45) is 3.01. The van der Waals surface area contributed by atoms with Gasteiger partial charge in [-0.1, -0.05) is 49.1 Å². The molecule has 0 saturated heterocycles. The monoisotopic (exact) mass is 344 g/mol. The van der Waals surface area contributed by atoms with Crippen LogP contribution >= 0.6 is 0 Å². The van der Waals surface area contributed by atoms with Gasteiger partial charge in [-0.2, -0.15) is 4.89 Å². The van der Waals surface area contributed by atoms with Crippen LogP contribution in [0.4, 0.5) is 0 Å². The van der Waals surface area contributed by atoms with Gasteiger partial charge in [0.15, 0.2) is 0 Å². The van der Waals surface area contributed by atoms with E-state index in [9.17, 15) is 4.79 Å². The molecule has 0 bridgehead atoms. The Kier molecular flexibility index (Phi) is 6.19. The Morgan fingerprint density at radius 1 is 1.12 bits per heavy atom. The molecule has 3 nitrogen and oxygen atoms in total. The van der Waals surface area contributed by atoms with Gasteiger partial charge in [0.25, 0.3) is 0 Å². The highest BCUT2D eigenvalue weighted by atomic mass is 28.3. The number of benzene rings is 1. The van der Waals surface area contributed by atoms with E-state index in [1.807, 2.05) is 23.5 Å².